The number of anilines is 1. The van der Waals surface area contributed by atoms with Crippen molar-refractivity contribution in [1.29, 1.82) is 0 Å². The summed E-state index contributed by atoms with van der Waals surface area (Å²) >= 11 is 0. The molecule has 2 N–H and O–H groups in total. The van der Waals surface area contributed by atoms with Gasteiger partial charge in [-0.3, -0.25) is 4.79 Å². The van der Waals surface area contributed by atoms with E-state index in [4.69, 9.17) is 4.74 Å². The van der Waals surface area contributed by atoms with Gasteiger partial charge in [-0.15, -0.1) is 0 Å². The molecule has 12 heteroatoms. The van der Waals surface area contributed by atoms with Gasteiger partial charge in [0.2, 0.25) is 10.0 Å². The normalized spacial score (nSPS) is 25.7. The van der Waals surface area contributed by atoms with E-state index in [0.29, 0.717) is 41.8 Å². The molecule has 2 heterocycles. The minimum atomic E-state index is -3.14. The number of hydrogen-bond donors (Lipinski definition) is 2. The Bertz CT molecular complexity index is 1360. The maximum absolute atomic E-state index is 14.2. The summed E-state index contributed by atoms with van der Waals surface area (Å²) in [6, 6.07) is 4.01. The van der Waals surface area contributed by atoms with E-state index in [-0.39, 0.29) is 29.3 Å². The van der Waals surface area contributed by atoms with E-state index in [9.17, 15) is 17.6 Å². The van der Waals surface area contributed by atoms with Crippen molar-refractivity contribution in [2.45, 2.75) is 58.5 Å². The van der Waals surface area contributed by atoms with Gasteiger partial charge < -0.3 is 19.9 Å². The number of nitrogens with zero attached hydrogens (tertiary/aromatic N) is 4. The first-order valence-electron chi connectivity index (χ1n) is 15.0. The summed E-state index contributed by atoms with van der Waals surface area (Å²) < 4.78 is 46.1. The molecule has 1 aromatic carbocycles. The number of benzene rings is 1. The van der Waals surface area contributed by atoms with Crippen molar-refractivity contribution in [3.8, 4) is 11.5 Å². The number of ether oxygens (including phenoxy) is 1. The molecule has 2 saturated carbocycles. The van der Waals surface area contributed by atoms with E-state index in [1.165, 1.54) is 30.8 Å². The lowest BCUT2D eigenvalue weighted by atomic mass is 9.86. The number of piperidine rings is 1. The number of nitrogens with one attached hydrogen (secondary N) is 2. The molecule has 42 heavy (non-hydrogen) atoms. The minimum absolute atomic E-state index is 0.0379. The maximum Gasteiger partial charge on any atom is 0.257 e. The van der Waals surface area contributed by atoms with Crippen LogP contribution in [0.25, 0.3) is 0 Å². The fraction of sp³-hybridized carbons (Fsp3) is 0.633. The Morgan fingerprint density at radius 2 is 1.88 bits per heavy atom. The lowest BCUT2D eigenvalue weighted by molar-refractivity contribution is 0.0713. The van der Waals surface area contributed by atoms with Gasteiger partial charge in [-0.1, -0.05) is 0 Å². The van der Waals surface area contributed by atoms with Crippen LogP contribution < -0.4 is 14.8 Å². The molecule has 1 aromatic heterocycles. The Balaban J connectivity index is 1.13. The Labute approximate surface area is 248 Å². The molecule has 0 radical (unpaired) electrons. The molecule has 10 nitrogen and oxygen atoms in total. The number of aromatic nitrogens is 2. The zero-order chi connectivity index (χ0) is 30.0. The summed E-state index contributed by atoms with van der Waals surface area (Å²) in [6.07, 6.45) is 8.21. The molecule has 1 amide bonds. The molecule has 1 saturated heterocycles. The number of likely N-dealkylation sites (tertiary alicyclic amines) is 1. The number of carbonyl (C=O) groups is 1. The lowest BCUT2D eigenvalue weighted by Gasteiger charge is -2.32. The van der Waals surface area contributed by atoms with Crippen molar-refractivity contribution < 1.29 is 22.3 Å². The first-order chi connectivity index (χ1) is 20.0. The minimum Gasteiger partial charge on any atom is -0.451 e. The zero-order valence-electron chi connectivity index (χ0n) is 24.9. The van der Waals surface area contributed by atoms with Crippen molar-refractivity contribution in [3.63, 3.8) is 0 Å². The topological polar surface area (TPSA) is 117 Å². The van der Waals surface area contributed by atoms with Gasteiger partial charge in [0.05, 0.1) is 18.0 Å². The number of sulfonamides is 1. The van der Waals surface area contributed by atoms with Gasteiger partial charge in [0.15, 0.2) is 11.6 Å². The third kappa shape index (κ3) is 7.38. The largest absolute Gasteiger partial charge is 0.451 e. The molecule has 0 spiro atoms. The Morgan fingerprint density at radius 3 is 2.52 bits per heavy atom. The molecular weight excluding hydrogens is 559 g/mol. The van der Waals surface area contributed by atoms with E-state index in [2.05, 4.69) is 24.9 Å². The second kappa shape index (κ2) is 12.8. The average Bonchev–Trinajstić information content (AvgIpc) is 3.39. The number of fused-ring (bicyclic) bond motifs is 1. The van der Waals surface area contributed by atoms with Crippen LogP contribution in [-0.4, -0.2) is 85.2 Å². The van der Waals surface area contributed by atoms with E-state index in [1.54, 1.807) is 11.1 Å². The van der Waals surface area contributed by atoms with Crippen LogP contribution in [0.3, 0.4) is 0 Å². The molecule has 2 aromatic rings. The molecule has 3 aliphatic rings. The van der Waals surface area contributed by atoms with Gasteiger partial charge in [-0.2, -0.15) is 0 Å². The monoisotopic (exact) mass is 602 g/mol. The smallest absolute Gasteiger partial charge is 0.257 e. The fourth-order valence-electron chi connectivity index (χ4n) is 6.83. The Morgan fingerprint density at radius 1 is 1.17 bits per heavy atom. The summed E-state index contributed by atoms with van der Waals surface area (Å²) in [6.45, 7) is 10.3. The Kier molecular flexibility index (Phi) is 9.34. The van der Waals surface area contributed by atoms with E-state index in [1.807, 2.05) is 20.8 Å². The number of carbonyl (C=O) groups excluding carboxylic acids is 1. The number of halogens is 1. The third-order valence-corrected chi connectivity index (χ3v) is 9.75. The van der Waals surface area contributed by atoms with Crippen LogP contribution >= 0.6 is 0 Å². The van der Waals surface area contributed by atoms with Gasteiger partial charge >= 0.3 is 0 Å². The summed E-state index contributed by atoms with van der Waals surface area (Å²) in [5.41, 5.74) is 0.164. The molecule has 2 unspecified atom stereocenters. The summed E-state index contributed by atoms with van der Waals surface area (Å²) in [5, 5.41) is 3.44. The number of hydrogen-bond acceptors (Lipinski definition) is 8. The molecule has 2 aliphatic carbocycles. The van der Waals surface area contributed by atoms with Gasteiger partial charge in [-0.25, -0.2) is 27.5 Å². The van der Waals surface area contributed by atoms with E-state index >= 15 is 0 Å². The van der Waals surface area contributed by atoms with E-state index < -0.39 is 15.8 Å². The lowest BCUT2D eigenvalue weighted by Crippen LogP contribution is -2.39. The fourth-order valence-corrected chi connectivity index (χ4v) is 7.67. The maximum atomic E-state index is 14.2. The summed E-state index contributed by atoms with van der Waals surface area (Å²) in [5.74, 6) is 2.91. The predicted octanol–water partition coefficient (Wildman–Crippen LogP) is 3.98. The first-order valence-corrected chi connectivity index (χ1v) is 16.9. The molecule has 230 valence electrons. The quantitative estimate of drug-likeness (QED) is 0.375. The second-order valence-electron chi connectivity index (χ2n) is 12.4. The highest BCUT2D eigenvalue weighted by Crippen LogP contribution is 2.52. The van der Waals surface area contributed by atoms with Gasteiger partial charge in [0.25, 0.3) is 5.91 Å². The molecular formula is C30H43FN6O4S. The van der Waals surface area contributed by atoms with Crippen LogP contribution in [0.5, 0.6) is 11.5 Å². The average molecular weight is 603 g/mol. The van der Waals surface area contributed by atoms with Crippen molar-refractivity contribution in [2.75, 3.05) is 44.3 Å². The van der Waals surface area contributed by atoms with Gasteiger partial charge in [0.1, 0.15) is 17.9 Å². The predicted molar refractivity (Wildman–Crippen MR) is 159 cm³/mol. The number of amides is 1. The second-order valence-corrected chi connectivity index (χ2v) is 14.1. The van der Waals surface area contributed by atoms with Gasteiger partial charge in [-0.05, 0) is 88.3 Å². The standard InChI is InChI=1S/C30H43FN6O4S/c1-5-37(19(2)3)30(38)23-12-21(31)8-11-27(23)41-28-14-32-18-34-29(28)33-13-24-25-16-36(17-26(24)25)15-20-6-9-22(10-7-20)35-42(4,39)40/h8,11-12,14,18-20,22,24-26,35H,5-7,9-10,13,15-17H2,1-4H3,(H,32,33,34)/t20-,22-,24?,25?,26?. The van der Waals surface area contributed by atoms with E-state index in [0.717, 1.165) is 51.9 Å². The van der Waals surface area contributed by atoms with Crippen LogP contribution in [0, 0.1) is 29.5 Å². The molecule has 0 bridgehead atoms. The van der Waals surface area contributed by atoms with Crippen LogP contribution in [-0.2, 0) is 10.0 Å². The van der Waals surface area contributed by atoms with Crippen molar-refractivity contribution in [2.24, 2.45) is 23.7 Å². The molecule has 3 fully saturated rings. The van der Waals surface area contributed by atoms with Crippen molar-refractivity contribution in [3.05, 3.63) is 42.1 Å². The first kappa shape index (κ1) is 30.6. The van der Waals surface area contributed by atoms with Gasteiger partial charge in [0, 0.05) is 44.8 Å². The summed E-state index contributed by atoms with van der Waals surface area (Å²) in [7, 11) is -3.14. The third-order valence-electron chi connectivity index (χ3n) is 8.99. The zero-order valence-corrected chi connectivity index (χ0v) is 25.7. The highest BCUT2D eigenvalue weighted by atomic mass is 32.2. The molecule has 5 rings (SSSR count). The van der Waals surface area contributed by atoms with Crippen LogP contribution in [0.1, 0.15) is 56.8 Å². The number of rotatable bonds is 12. The van der Waals surface area contributed by atoms with Crippen molar-refractivity contribution >= 4 is 21.7 Å². The van der Waals surface area contributed by atoms with Crippen molar-refractivity contribution in [1.82, 2.24) is 24.5 Å². The molecule has 2 atom stereocenters. The highest BCUT2D eigenvalue weighted by molar-refractivity contribution is 7.88. The Hall–Kier alpha value is -2.83. The summed E-state index contributed by atoms with van der Waals surface area (Å²) in [4.78, 5) is 26.0. The molecule has 1 aliphatic heterocycles. The highest BCUT2D eigenvalue weighted by Gasteiger charge is 2.55. The van der Waals surface area contributed by atoms with Crippen LogP contribution in [0.2, 0.25) is 0 Å². The van der Waals surface area contributed by atoms with Crippen LogP contribution in [0.15, 0.2) is 30.7 Å². The van der Waals surface area contributed by atoms with Crippen LogP contribution in [0.4, 0.5) is 10.2 Å². The SMILES string of the molecule is CCN(C(=O)c1cc(F)ccc1Oc1cncnc1NCC1C2CN(C[C@H]3CC[C@H](NS(C)(=O)=O)CC3)CC12)C(C)C.